The van der Waals surface area contributed by atoms with Crippen LogP contribution in [-0.4, -0.2) is 11.2 Å². The standard InChI is InChI=1S/C5H3ClF3NS/c6-3-2-10-4(11-3)1-5(7,8)9/h2H,1H2. The molecule has 0 saturated heterocycles. The molecule has 1 nitrogen and oxygen atoms in total. The van der Waals surface area contributed by atoms with Gasteiger partial charge in [-0.2, -0.15) is 13.2 Å². The normalized spacial score (nSPS) is 12.0. The molecule has 1 aromatic rings. The molecule has 0 aromatic carbocycles. The van der Waals surface area contributed by atoms with Gasteiger partial charge in [-0.1, -0.05) is 11.6 Å². The van der Waals surface area contributed by atoms with Crippen molar-refractivity contribution in [1.82, 2.24) is 4.98 Å². The highest BCUT2D eigenvalue weighted by Crippen LogP contribution is 2.26. The Labute approximate surface area is 69.8 Å². The summed E-state index contributed by atoms with van der Waals surface area (Å²) in [5.41, 5.74) is 0. The molecule has 1 rings (SSSR count). The molecule has 1 heterocycles. The largest absolute Gasteiger partial charge is 0.395 e. The number of halogens is 4. The molecule has 11 heavy (non-hydrogen) atoms. The zero-order valence-corrected chi connectivity index (χ0v) is 6.72. The van der Waals surface area contributed by atoms with E-state index >= 15 is 0 Å². The summed E-state index contributed by atoms with van der Waals surface area (Å²) in [6.07, 6.45) is -3.97. The van der Waals surface area contributed by atoms with Gasteiger partial charge in [0.05, 0.1) is 12.6 Å². The lowest BCUT2D eigenvalue weighted by atomic mass is 10.4. The van der Waals surface area contributed by atoms with Gasteiger partial charge in [0.25, 0.3) is 0 Å². The van der Waals surface area contributed by atoms with Gasteiger partial charge in [0.15, 0.2) is 0 Å². The van der Waals surface area contributed by atoms with Crippen molar-refractivity contribution in [1.29, 1.82) is 0 Å². The van der Waals surface area contributed by atoms with E-state index in [-0.39, 0.29) is 9.34 Å². The molecule has 0 N–H and O–H groups in total. The SMILES string of the molecule is FC(F)(F)Cc1ncc(Cl)s1. The van der Waals surface area contributed by atoms with E-state index in [4.69, 9.17) is 11.6 Å². The summed E-state index contributed by atoms with van der Waals surface area (Å²) in [6, 6.07) is 0. The zero-order chi connectivity index (χ0) is 8.48. The van der Waals surface area contributed by atoms with Crippen LogP contribution in [0, 0.1) is 0 Å². The second-order valence-electron chi connectivity index (χ2n) is 1.85. The first-order valence-electron chi connectivity index (χ1n) is 2.64. The molecule has 1 aromatic heterocycles. The summed E-state index contributed by atoms with van der Waals surface area (Å²) in [4.78, 5) is 3.47. The maximum Gasteiger partial charge on any atom is 0.395 e. The highest BCUT2D eigenvalue weighted by molar-refractivity contribution is 7.15. The third kappa shape index (κ3) is 3.07. The van der Waals surface area contributed by atoms with Gasteiger partial charge >= 0.3 is 6.18 Å². The van der Waals surface area contributed by atoms with Crippen LogP contribution >= 0.6 is 22.9 Å². The molecule has 0 atom stereocenters. The second-order valence-corrected chi connectivity index (χ2v) is 3.60. The summed E-state index contributed by atoms with van der Waals surface area (Å²) < 4.78 is 35.3. The van der Waals surface area contributed by atoms with E-state index in [1.54, 1.807) is 0 Å². The maximum atomic E-state index is 11.7. The lowest BCUT2D eigenvalue weighted by Gasteiger charge is -2.00. The predicted molar refractivity (Wildman–Crippen MR) is 36.9 cm³/mol. The van der Waals surface area contributed by atoms with Crippen molar-refractivity contribution in [2.24, 2.45) is 0 Å². The lowest BCUT2D eigenvalue weighted by molar-refractivity contribution is -0.127. The average molecular weight is 202 g/mol. The number of nitrogens with zero attached hydrogens (tertiary/aromatic N) is 1. The third-order valence-electron chi connectivity index (χ3n) is 0.877. The number of rotatable bonds is 1. The molecular formula is C5H3ClF3NS. The molecule has 62 valence electrons. The predicted octanol–water partition coefficient (Wildman–Crippen LogP) is 2.90. The Morgan fingerprint density at radius 1 is 1.55 bits per heavy atom. The first kappa shape index (κ1) is 8.80. The van der Waals surface area contributed by atoms with Gasteiger partial charge in [0, 0.05) is 0 Å². The van der Waals surface area contributed by atoms with Crippen LogP contribution in [0.1, 0.15) is 5.01 Å². The third-order valence-corrected chi connectivity index (χ3v) is 1.99. The molecule has 0 radical (unpaired) electrons. The maximum absolute atomic E-state index is 11.7. The summed E-state index contributed by atoms with van der Waals surface area (Å²) in [7, 11) is 0. The Morgan fingerprint density at radius 3 is 2.55 bits per heavy atom. The molecular weight excluding hydrogens is 199 g/mol. The fraction of sp³-hybridized carbons (Fsp3) is 0.400. The number of alkyl halides is 3. The van der Waals surface area contributed by atoms with Gasteiger partial charge in [-0.3, -0.25) is 0 Å². The van der Waals surface area contributed by atoms with E-state index in [0.29, 0.717) is 0 Å². The number of aromatic nitrogens is 1. The molecule has 0 unspecified atom stereocenters. The number of thiazole rings is 1. The van der Waals surface area contributed by atoms with Crippen molar-refractivity contribution >= 4 is 22.9 Å². The van der Waals surface area contributed by atoms with Gasteiger partial charge < -0.3 is 0 Å². The minimum atomic E-state index is -4.19. The van der Waals surface area contributed by atoms with Crippen LogP contribution in [0.15, 0.2) is 6.20 Å². The van der Waals surface area contributed by atoms with Gasteiger partial charge in [0.2, 0.25) is 0 Å². The Hall–Kier alpha value is -0.290. The molecule has 6 heteroatoms. The molecule has 0 aliphatic rings. The Balaban J connectivity index is 2.65. The van der Waals surface area contributed by atoms with E-state index in [2.05, 4.69) is 4.98 Å². The lowest BCUT2D eigenvalue weighted by Crippen LogP contribution is -2.10. The highest BCUT2D eigenvalue weighted by Gasteiger charge is 2.29. The van der Waals surface area contributed by atoms with Crippen molar-refractivity contribution in [2.75, 3.05) is 0 Å². The van der Waals surface area contributed by atoms with E-state index in [1.807, 2.05) is 0 Å². The molecule has 0 fully saturated rings. The van der Waals surface area contributed by atoms with Crippen LogP contribution in [0.5, 0.6) is 0 Å². The average Bonchev–Trinajstić information content (AvgIpc) is 2.10. The monoisotopic (exact) mass is 201 g/mol. The minimum absolute atomic E-state index is 0.00231. The summed E-state index contributed by atoms with van der Waals surface area (Å²) in [6.45, 7) is 0. The molecule has 0 aliphatic heterocycles. The smallest absolute Gasteiger partial charge is 0.248 e. The van der Waals surface area contributed by atoms with Crippen molar-refractivity contribution in [2.45, 2.75) is 12.6 Å². The van der Waals surface area contributed by atoms with Gasteiger partial charge in [-0.05, 0) is 0 Å². The van der Waals surface area contributed by atoms with Crippen molar-refractivity contribution < 1.29 is 13.2 Å². The van der Waals surface area contributed by atoms with Gasteiger partial charge in [0.1, 0.15) is 9.34 Å². The van der Waals surface area contributed by atoms with Gasteiger partial charge in [-0.25, -0.2) is 4.98 Å². The van der Waals surface area contributed by atoms with Crippen LogP contribution < -0.4 is 0 Å². The zero-order valence-electron chi connectivity index (χ0n) is 5.15. The summed E-state index contributed by atoms with van der Waals surface area (Å²) in [5.74, 6) is 0. The van der Waals surface area contributed by atoms with E-state index in [0.717, 1.165) is 11.3 Å². The first-order valence-corrected chi connectivity index (χ1v) is 3.84. The molecule has 0 aliphatic carbocycles. The Morgan fingerprint density at radius 2 is 2.18 bits per heavy atom. The van der Waals surface area contributed by atoms with Crippen LogP contribution in [0.2, 0.25) is 4.34 Å². The number of hydrogen-bond donors (Lipinski definition) is 0. The van der Waals surface area contributed by atoms with E-state index in [9.17, 15) is 13.2 Å². The summed E-state index contributed by atoms with van der Waals surface area (Å²) >= 11 is 6.23. The second kappa shape index (κ2) is 2.98. The topological polar surface area (TPSA) is 12.9 Å². The van der Waals surface area contributed by atoms with E-state index in [1.165, 1.54) is 6.20 Å². The minimum Gasteiger partial charge on any atom is -0.248 e. The molecule has 0 saturated carbocycles. The fourth-order valence-electron chi connectivity index (χ4n) is 0.541. The van der Waals surface area contributed by atoms with E-state index < -0.39 is 12.6 Å². The van der Waals surface area contributed by atoms with Crippen molar-refractivity contribution in [3.63, 3.8) is 0 Å². The molecule has 0 bridgehead atoms. The van der Waals surface area contributed by atoms with Crippen molar-refractivity contribution in [3.8, 4) is 0 Å². The highest BCUT2D eigenvalue weighted by atomic mass is 35.5. The molecule has 0 amide bonds. The van der Waals surface area contributed by atoms with Gasteiger partial charge in [-0.15, -0.1) is 11.3 Å². The van der Waals surface area contributed by atoms with Crippen LogP contribution in [0.4, 0.5) is 13.2 Å². The van der Waals surface area contributed by atoms with Crippen LogP contribution in [0.3, 0.4) is 0 Å². The fourth-order valence-corrected chi connectivity index (χ4v) is 1.53. The van der Waals surface area contributed by atoms with Crippen LogP contribution in [-0.2, 0) is 6.42 Å². The Bertz CT molecular complexity index is 244. The Kier molecular flexibility index (Phi) is 2.39. The first-order chi connectivity index (χ1) is 4.97. The van der Waals surface area contributed by atoms with Crippen LogP contribution in [0.25, 0.3) is 0 Å². The summed E-state index contributed by atoms with van der Waals surface area (Å²) in [5, 5.41) is 0.00231. The molecule has 0 spiro atoms. The van der Waals surface area contributed by atoms with Crippen molar-refractivity contribution in [3.05, 3.63) is 15.5 Å². The quantitative estimate of drug-likeness (QED) is 0.681. The number of hydrogen-bond acceptors (Lipinski definition) is 2.